The van der Waals surface area contributed by atoms with Crippen LogP contribution in [0, 0.1) is 0 Å². The van der Waals surface area contributed by atoms with Gasteiger partial charge in [0, 0.05) is 22.8 Å². The van der Waals surface area contributed by atoms with E-state index in [0.29, 0.717) is 10.0 Å². The molecular weight excluding hydrogens is 325 g/mol. The van der Waals surface area contributed by atoms with Crippen molar-refractivity contribution >= 4 is 40.5 Å². The van der Waals surface area contributed by atoms with E-state index >= 15 is 0 Å². The average molecular weight is 342 g/mol. The zero-order chi connectivity index (χ0) is 15.5. The molecule has 1 aliphatic rings. The second-order valence-corrected chi connectivity index (χ2v) is 6.24. The highest BCUT2D eigenvalue weighted by Gasteiger charge is 2.28. The number of benzene rings is 1. The number of thiocarbonyl (C=S) groups is 1. The third-order valence-electron chi connectivity index (χ3n) is 3.44. The van der Waals surface area contributed by atoms with E-state index < -0.39 is 5.66 Å². The SMILES string of the molecule is CC1(NC(N)=S)C=CC=CN1CCc1c(Cl)cccc1Cl. The molecule has 0 amide bonds. The first-order valence-corrected chi connectivity index (χ1v) is 7.72. The average Bonchev–Trinajstić information content (AvgIpc) is 2.39. The molecule has 0 aliphatic carbocycles. The van der Waals surface area contributed by atoms with Crippen molar-refractivity contribution in [3.05, 3.63) is 58.2 Å². The minimum absolute atomic E-state index is 0.262. The Labute approximate surface area is 140 Å². The van der Waals surface area contributed by atoms with E-state index in [1.807, 2.05) is 49.6 Å². The van der Waals surface area contributed by atoms with E-state index in [1.54, 1.807) is 0 Å². The highest BCUT2D eigenvalue weighted by molar-refractivity contribution is 7.80. The molecule has 0 aromatic heterocycles. The smallest absolute Gasteiger partial charge is 0.165 e. The molecule has 0 saturated carbocycles. The molecule has 0 spiro atoms. The van der Waals surface area contributed by atoms with Crippen molar-refractivity contribution in [3.8, 4) is 0 Å². The third kappa shape index (κ3) is 3.90. The topological polar surface area (TPSA) is 41.3 Å². The summed E-state index contributed by atoms with van der Waals surface area (Å²) in [5, 5.41) is 4.73. The van der Waals surface area contributed by atoms with E-state index in [-0.39, 0.29) is 5.11 Å². The van der Waals surface area contributed by atoms with Gasteiger partial charge in [-0.2, -0.15) is 0 Å². The lowest BCUT2D eigenvalue weighted by Crippen LogP contribution is -2.57. The summed E-state index contributed by atoms with van der Waals surface area (Å²) in [7, 11) is 0. The molecule has 21 heavy (non-hydrogen) atoms. The molecule has 0 radical (unpaired) electrons. The number of rotatable bonds is 4. The van der Waals surface area contributed by atoms with Gasteiger partial charge in [0.25, 0.3) is 0 Å². The largest absolute Gasteiger partial charge is 0.376 e. The summed E-state index contributed by atoms with van der Waals surface area (Å²) in [4.78, 5) is 2.12. The van der Waals surface area contributed by atoms with Gasteiger partial charge in [-0.1, -0.05) is 35.3 Å². The predicted octanol–water partition coefficient (Wildman–Crippen LogP) is 3.47. The van der Waals surface area contributed by atoms with Crippen molar-refractivity contribution in [2.75, 3.05) is 6.54 Å². The summed E-state index contributed by atoms with van der Waals surface area (Å²) in [6, 6.07) is 5.54. The first kappa shape index (κ1) is 16.1. The Hall–Kier alpha value is -1.23. The Bertz CT molecular complexity index is 580. The minimum Gasteiger partial charge on any atom is -0.376 e. The van der Waals surface area contributed by atoms with Gasteiger partial charge in [0.2, 0.25) is 0 Å². The monoisotopic (exact) mass is 341 g/mol. The highest BCUT2D eigenvalue weighted by Crippen LogP contribution is 2.26. The lowest BCUT2D eigenvalue weighted by atomic mass is 10.1. The summed E-state index contributed by atoms with van der Waals surface area (Å²) < 4.78 is 0. The predicted molar refractivity (Wildman–Crippen MR) is 93.5 cm³/mol. The van der Waals surface area contributed by atoms with Crippen LogP contribution in [-0.4, -0.2) is 22.2 Å². The highest BCUT2D eigenvalue weighted by atomic mass is 35.5. The van der Waals surface area contributed by atoms with Gasteiger partial charge in [-0.25, -0.2) is 0 Å². The number of hydrogen-bond donors (Lipinski definition) is 2. The fraction of sp³-hybridized carbons (Fsp3) is 0.267. The van der Waals surface area contributed by atoms with Gasteiger partial charge < -0.3 is 16.0 Å². The Balaban J connectivity index is 2.12. The molecular formula is C15H17Cl2N3S. The molecule has 1 aliphatic heterocycles. The van der Waals surface area contributed by atoms with Crippen LogP contribution in [0.2, 0.25) is 10.0 Å². The van der Waals surface area contributed by atoms with Crippen LogP contribution in [0.5, 0.6) is 0 Å². The summed E-state index contributed by atoms with van der Waals surface area (Å²) in [5.41, 5.74) is 6.12. The van der Waals surface area contributed by atoms with Crippen molar-refractivity contribution in [1.29, 1.82) is 0 Å². The van der Waals surface area contributed by atoms with Gasteiger partial charge >= 0.3 is 0 Å². The van der Waals surface area contributed by atoms with Crippen LogP contribution in [-0.2, 0) is 6.42 Å². The zero-order valence-electron chi connectivity index (χ0n) is 11.6. The standard InChI is InChI=1S/C15H17Cl2N3S/c1-15(19-14(18)21)8-2-3-9-20(15)10-7-11-12(16)5-4-6-13(11)17/h2-6,8-9H,7,10H2,1H3,(H3,18,19,21). The molecule has 1 atom stereocenters. The van der Waals surface area contributed by atoms with E-state index in [0.717, 1.165) is 18.5 Å². The lowest BCUT2D eigenvalue weighted by molar-refractivity contribution is 0.198. The molecule has 6 heteroatoms. The molecule has 0 fully saturated rings. The number of halogens is 2. The molecule has 1 unspecified atom stereocenters. The van der Waals surface area contributed by atoms with Gasteiger partial charge in [0.05, 0.1) is 0 Å². The van der Waals surface area contributed by atoms with Crippen molar-refractivity contribution < 1.29 is 0 Å². The molecule has 3 nitrogen and oxygen atoms in total. The quantitative estimate of drug-likeness (QED) is 0.822. The zero-order valence-corrected chi connectivity index (χ0v) is 14.0. The van der Waals surface area contributed by atoms with E-state index in [2.05, 4.69) is 10.2 Å². The molecule has 2 rings (SSSR count). The van der Waals surface area contributed by atoms with Crippen LogP contribution in [0.4, 0.5) is 0 Å². The van der Waals surface area contributed by atoms with Crippen molar-refractivity contribution in [1.82, 2.24) is 10.2 Å². The van der Waals surface area contributed by atoms with Crippen LogP contribution in [0.25, 0.3) is 0 Å². The molecule has 1 heterocycles. The van der Waals surface area contributed by atoms with Crippen molar-refractivity contribution in [2.45, 2.75) is 19.0 Å². The molecule has 0 bridgehead atoms. The summed E-state index contributed by atoms with van der Waals surface area (Å²) in [6.07, 6.45) is 8.67. The lowest BCUT2D eigenvalue weighted by Gasteiger charge is -2.41. The van der Waals surface area contributed by atoms with Crippen molar-refractivity contribution in [3.63, 3.8) is 0 Å². The van der Waals surface area contributed by atoms with Gasteiger partial charge in [-0.05, 0) is 55.4 Å². The number of nitrogens with two attached hydrogens (primary N) is 1. The second-order valence-electron chi connectivity index (χ2n) is 4.98. The Morgan fingerprint density at radius 2 is 2.00 bits per heavy atom. The van der Waals surface area contributed by atoms with E-state index in [1.165, 1.54) is 0 Å². The fourth-order valence-electron chi connectivity index (χ4n) is 2.32. The maximum Gasteiger partial charge on any atom is 0.165 e. The molecule has 112 valence electrons. The van der Waals surface area contributed by atoms with Crippen molar-refractivity contribution in [2.24, 2.45) is 5.73 Å². The number of nitrogens with zero attached hydrogens (tertiary/aromatic N) is 1. The Kier molecular flexibility index (Phi) is 5.14. The third-order valence-corrected chi connectivity index (χ3v) is 4.25. The fourth-order valence-corrected chi connectivity index (χ4v) is 3.11. The van der Waals surface area contributed by atoms with Crippen LogP contribution in [0.15, 0.2) is 42.6 Å². The molecule has 1 aromatic carbocycles. The minimum atomic E-state index is -0.450. The van der Waals surface area contributed by atoms with E-state index in [9.17, 15) is 0 Å². The first-order chi connectivity index (χ1) is 9.92. The maximum atomic E-state index is 6.21. The van der Waals surface area contributed by atoms with Crippen LogP contribution >= 0.6 is 35.4 Å². The van der Waals surface area contributed by atoms with Gasteiger partial charge in [-0.3, -0.25) is 0 Å². The normalized spacial score (nSPS) is 20.6. The Morgan fingerprint density at radius 3 is 2.62 bits per heavy atom. The Morgan fingerprint density at radius 1 is 1.33 bits per heavy atom. The number of hydrogen-bond acceptors (Lipinski definition) is 2. The number of allylic oxidation sites excluding steroid dienone is 2. The van der Waals surface area contributed by atoms with E-state index in [4.69, 9.17) is 41.2 Å². The summed E-state index contributed by atoms with van der Waals surface area (Å²) in [5.74, 6) is 0. The van der Waals surface area contributed by atoms with Crippen LogP contribution < -0.4 is 11.1 Å². The van der Waals surface area contributed by atoms with Gasteiger partial charge in [0.15, 0.2) is 5.11 Å². The van der Waals surface area contributed by atoms with Gasteiger partial charge in [0.1, 0.15) is 5.66 Å². The molecule has 3 N–H and O–H groups in total. The first-order valence-electron chi connectivity index (χ1n) is 6.56. The molecule has 0 saturated heterocycles. The number of nitrogens with one attached hydrogen (secondary N) is 1. The van der Waals surface area contributed by atoms with Gasteiger partial charge in [-0.15, -0.1) is 0 Å². The van der Waals surface area contributed by atoms with Crippen LogP contribution in [0.1, 0.15) is 12.5 Å². The summed E-state index contributed by atoms with van der Waals surface area (Å²) >= 11 is 17.4. The van der Waals surface area contributed by atoms with Crippen LogP contribution in [0.3, 0.4) is 0 Å². The summed E-state index contributed by atoms with van der Waals surface area (Å²) in [6.45, 7) is 2.75. The second kappa shape index (κ2) is 6.69. The molecule has 1 aromatic rings. The maximum absolute atomic E-state index is 6.21.